The van der Waals surface area contributed by atoms with Gasteiger partial charge in [0.1, 0.15) is 47.7 Å². The highest BCUT2D eigenvalue weighted by molar-refractivity contribution is 9.11. The second-order valence-electron chi connectivity index (χ2n) is 19.9. The van der Waals surface area contributed by atoms with E-state index in [-0.39, 0.29) is 25.6 Å². The molecule has 0 bridgehead atoms. The summed E-state index contributed by atoms with van der Waals surface area (Å²) in [5.74, 6) is 1.96. The van der Waals surface area contributed by atoms with Gasteiger partial charge < -0.3 is 43.4 Å². The van der Waals surface area contributed by atoms with Crippen LogP contribution < -0.4 is 23.7 Å². The average Bonchev–Trinajstić information content (AvgIpc) is 1.96. The van der Waals surface area contributed by atoms with Crippen molar-refractivity contribution < 1.29 is 57.8 Å². The van der Waals surface area contributed by atoms with Crippen molar-refractivity contribution in [1.29, 1.82) is 0 Å². The van der Waals surface area contributed by atoms with Crippen LogP contribution in [0.25, 0.3) is 16.7 Å². The maximum absolute atomic E-state index is 11.3. The highest BCUT2D eigenvalue weighted by atomic mass is 79.9. The summed E-state index contributed by atoms with van der Waals surface area (Å²) in [5, 5.41) is 17.9. The normalized spacial score (nSPS) is 10.2. The van der Waals surface area contributed by atoms with Crippen molar-refractivity contribution >= 4 is 142 Å². The molecular formula is C74H65Br6ClO12. The number of phenols is 1. The molecule has 19 heteroatoms. The molecule has 0 spiro atoms. The summed E-state index contributed by atoms with van der Waals surface area (Å²) in [4.78, 5) is 32.7. The van der Waals surface area contributed by atoms with Crippen LogP contribution in [-0.2, 0) is 23.9 Å². The van der Waals surface area contributed by atoms with Gasteiger partial charge in [0.25, 0.3) is 0 Å². The molecule has 12 nitrogen and oxygen atoms in total. The van der Waals surface area contributed by atoms with Crippen molar-refractivity contribution in [2.24, 2.45) is 0 Å². The minimum atomic E-state index is -1.01. The van der Waals surface area contributed by atoms with Crippen LogP contribution in [0.4, 0.5) is 0 Å². The molecule has 0 amide bonds. The molecule has 9 aromatic carbocycles. The minimum absolute atomic E-state index is 0.121. The van der Waals surface area contributed by atoms with Gasteiger partial charge in [0.15, 0.2) is 19.8 Å². The van der Waals surface area contributed by atoms with Crippen molar-refractivity contribution in [3.05, 3.63) is 295 Å². The third-order valence-electron chi connectivity index (χ3n) is 13.2. The molecule has 0 aliphatic heterocycles. The lowest BCUT2D eigenvalue weighted by Gasteiger charge is -2.12. The fraction of sp³-hybridized carbons (Fsp3) is 0.149. The third-order valence-corrected chi connectivity index (χ3v) is 16.6. The summed E-state index contributed by atoms with van der Waals surface area (Å²) in [6.45, 7) is 5.73. The first-order chi connectivity index (χ1) is 44.7. The van der Waals surface area contributed by atoms with Gasteiger partial charge in [-0.05, 0) is 227 Å². The Bertz CT molecular complexity index is 3830. The zero-order valence-electron chi connectivity index (χ0n) is 51.1. The molecule has 0 aliphatic carbocycles. The van der Waals surface area contributed by atoms with E-state index in [1.807, 2.05) is 111 Å². The Morgan fingerprint density at radius 3 is 0.903 bits per heavy atom. The Labute approximate surface area is 598 Å². The number of aliphatic carboxylic acids is 1. The van der Waals surface area contributed by atoms with Crippen LogP contribution in [0.2, 0.25) is 0 Å². The van der Waals surface area contributed by atoms with Gasteiger partial charge in [0.05, 0.1) is 14.2 Å². The monoisotopic (exact) mass is 1650 g/mol. The fourth-order valence-electron chi connectivity index (χ4n) is 8.58. The van der Waals surface area contributed by atoms with Crippen molar-refractivity contribution in [1.82, 2.24) is 0 Å². The SMILES string of the molecule is COC(=O)COc1ccc(O)cc1C.COC(=O)COc1ccc(OCC=C(c2ccc(Br)cc2)c2ccc(Br)cc2)cc1C.Cc1cc(OCC=C(c2ccc(Br)cc2)c2ccc(Br)cc2)ccc1OCC(=O)O.ClCC=C(c1ccc(Br)cc1)c1ccc(Br)cc1. The maximum atomic E-state index is 11.3. The van der Waals surface area contributed by atoms with E-state index in [1.54, 1.807) is 37.3 Å². The number of benzene rings is 9. The first-order valence-corrected chi connectivity index (χ1v) is 33.7. The Morgan fingerprint density at radius 1 is 0.376 bits per heavy atom. The van der Waals surface area contributed by atoms with Crippen molar-refractivity contribution in [2.75, 3.05) is 53.1 Å². The van der Waals surface area contributed by atoms with Crippen LogP contribution in [0.5, 0.6) is 34.5 Å². The fourth-order valence-corrected chi connectivity index (χ4v) is 10.3. The number of methoxy groups -OCH3 is 2. The second-order valence-corrected chi connectivity index (χ2v) is 25.7. The van der Waals surface area contributed by atoms with E-state index in [0.717, 1.165) is 88.2 Å². The second kappa shape index (κ2) is 39.3. The van der Waals surface area contributed by atoms with Crippen molar-refractivity contribution in [3.8, 4) is 34.5 Å². The molecule has 2 N–H and O–H groups in total. The molecule has 482 valence electrons. The van der Waals surface area contributed by atoms with Crippen LogP contribution in [0.15, 0.2) is 245 Å². The number of esters is 2. The molecule has 0 atom stereocenters. The van der Waals surface area contributed by atoms with Gasteiger partial charge in [0.2, 0.25) is 0 Å². The number of carbonyl (C=O) groups is 3. The molecule has 0 saturated heterocycles. The van der Waals surface area contributed by atoms with E-state index in [4.69, 9.17) is 45.5 Å². The number of hydrogen-bond donors (Lipinski definition) is 2. The molecule has 0 unspecified atom stereocenters. The highest BCUT2D eigenvalue weighted by Crippen LogP contribution is 2.32. The summed E-state index contributed by atoms with van der Waals surface area (Å²) in [5.41, 5.74) is 12.5. The first-order valence-electron chi connectivity index (χ1n) is 28.4. The quantitative estimate of drug-likeness (QED) is 0.0490. The van der Waals surface area contributed by atoms with Crippen LogP contribution in [0.1, 0.15) is 50.1 Å². The molecule has 93 heavy (non-hydrogen) atoms. The summed E-state index contributed by atoms with van der Waals surface area (Å²) in [6, 6.07) is 64.8. The maximum Gasteiger partial charge on any atom is 0.343 e. The van der Waals surface area contributed by atoms with E-state index < -0.39 is 17.9 Å². The largest absolute Gasteiger partial charge is 0.508 e. The lowest BCUT2D eigenvalue weighted by Crippen LogP contribution is -2.13. The molecule has 0 saturated carbocycles. The number of phenolic OH excluding ortho intramolecular Hbond substituents is 1. The zero-order chi connectivity index (χ0) is 67.2. The summed E-state index contributed by atoms with van der Waals surface area (Å²) >= 11 is 26.7. The Balaban J connectivity index is 0.000000206. The number of hydrogen-bond acceptors (Lipinski definition) is 11. The van der Waals surface area contributed by atoms with E-state index in [1.165, 1.54) is 31.4 Å². The summed E-state index contributed by atoms with van der Waals surface area (Å²) < 4.78 is 43.1. The smallest absolute Gasteiger partial charge is 0.343 e. The van der Waals surface area contributed by atoms with Crippen LogP contribution in [0.3, 0.4) is 0 Å². The molecule has 0 aromatic heterocycles. The average molecular weight is 1660 g/mol. The predicted octanol–water partition coefficient (Wildman–Crippen LogP) is 20.2. The van der Waals surface area contributed by atoms with Gasteiger partial charge >= 0.3 is 17.9 Å². The van der Waals surface area contributed by atoms with Gasteiger partial charge in [-0.25, -0.2) is 14.4 Å². The lowest BCUT2D eigenvalue weighted by molar-refractivity contribution is -0.143. The number of carboxylic acid groups (broad SMARTS) is 1. The van der Waals surface area contributed by atoms with Crippen LogP contribution in [0, 0.1) is 20.8 Å². The first kappa shape index (κ1) is 74.6. The number of aromatic hydroxyl groups is 1. The number of carbonyl (C=O) groups excluding carboxylic acids is 2. The molecule has 9 rings (SSSR count). The Kier molecular flexibility index (Phi) is 31.5. The molecule has 0 heterocycles. The van der Waals surface area contributed by atoms with Crippen molar-refractivity contribution in [2.45, 2.75) is 20.8 Å². The molecular weight excluding hydrogens is 1600 g/mol. The van der Waals surface area contributed by atoms with Gasteiger partial charge in [0, 0.05) is 32.7 Å². The van der Waals surface area contributed by atoms with Crippen LogP contribution in [-0.4, -0.2) is 81.3 Å². The zero-order valence-corrected chi connectivity index (χ0v) is 61.4. The van der Waals surface area contributed by atoms with Gasteiger partial charge in [-0.2, -0.15) is 0 Å². The topological polar surface area (TPSA) is 156 Å². The lowest BCUT2D eigenvalue weighted by atomic mass is 9.98. The molecule has 9 aromatic rings. The Hall–Kier alpha value is -7.42. The van der Waals surface area contributed by atoms with Crippen molar-refractivity contribution in [3.63, 3.8) is 0 Å². The van der Waals surface area contributed by atoms with E-state index in [0.29, 0.717) is 42.1 Å². The number of allylic oxidation sites excluding steroid dienone is 1. The molecule has 0 aliphatic rings. The van der Waals surface area contributed by atoms with E-state index in [2.05, 4.69) is 190 Å². The molecule has 0 fully saturated rings. The number of aryl methyl sites for hydroxylation is 3. The number of halogens is 7. The number of alkyl halides is 1. The molecule has 0 radical (unpaired) electrons. The predicted molar refractivity (Wildman–Crippen MR) is 391 cm³/mol. The van der Waals surface area contributed by atoms with Gasteiger partial charge in [-0.15, -0.1) is 11.6 Å². The van der Waals surface area contributed by atoms with Gasteiger partial charge in [-0.3, -0.25) is 0 Å². The van der Waals surface area contributed by atoms with E-state index >= 15 is 0 Å². The number of ether oxygens (including phenoxy) is 7. The highest BCUT2D eigenvalue weighted by Gasteiger charge is 2.12. The number of rotatable bonds is 22. The van der Waals surface area contributed by atoms with Gasteiger partial charge in [-0.1, -0.05) is 174 Å². The standard InChI is InChI=1S/C25H22Br2O4.C24H20Br2O4.C15H11Br2Cl.C10H12O4/c1-17-15-22(11-12-24(17)31-16-25(28)29-2)30-14-13-23(18-3-7-20(26)8-4-18)19-5-9-21(27)10-6-19;1-16-14-21(10-11-23(16)30-15-24(27)28)29-13-12-22(17-2-6-19(25)7-3-17)18-4-8-20(26)9-5-18;16-13-5-1-11(2-6-13)15(9-10-18)12-3-7-14(17)8-4-12;1-7-5-8(11)3-4-9(7)14-6-10(12)13-2/h3-13,15H,14,16H2,1-2H3;2-12,14H,13,15H2,1H3,(H,27,28);1-9H,10H2;3-5,11H,6H2,1-2H3. The van der Waals surface area contributed by atoms with E-state index in [9.17, 15) is 14.4 Å². The third kappa shape index (κ3) is 25.8. The minimum Gasteiger partial charge on any atom is -0.508 e. The van der Waals surface area contributed by atoms with Crippen LogP contribution >= 0.6 is 107 Å². The summed E-state index contributed by atoms with van der Waals surface area (Å²) in [7, 11) is 2.63. The number of carboxylic acids is 1. The Morgan fingerprint density at radius 2 is 0.645 bits per heavy atom. The summed E-state index contributed by atoms with van der Waals surface area (Å²) in [6.07, 6.45) is 6.16.